The number of carbonyl (C=O) groups excluding carboxylic acids is 3. The lowest BCUT2D eigenvalue weighted by molar-refractivity contribution is -0.138. The molecule has 0 aromatic heterocycles. The highest BCUT2D eigenvalue weighted by molar-refractivity contribution is 6.23. The minimum absolute atomic E-state index is 0.196. The first-order valence-corrected chi connectivity index (χ1v) is 9.13. The molecular weight excluding hydrogens is 302 g/mol. The molecule has 1 fully saturated rings. The number of carbonyl (C=O) groups is 3. The summed E-state index contributed by atoms with van der Waals surface area (Å²) in [5.41, 5.74) is 1.32. The fourth-order valence-corrected chi connectivity index (χ4v) is 3.28. The molecule has 0 saturated carbocycles. The normalized spacial score (nSPS) is 22.2. The number of Topliss-reactive ketones (excluding diaryl/α,β-unsaturated/α-hetero) is 2. The zero-order valence-corrected chi connectivity index (χ0v) is 16.1. The smallest absolute Gasteiger partial charge is 0.241 e. The van der Waals surface area contributed by atoms with Crippen LogP contribution in [-0.2, 0) is 14.4 Å². The summed E-state index contributed by atoms with van der Waals surface area (Å²) in [6.45, 7) is 12.4. The molecule has 136 valence electrons. The Bertz CT molecular complexity index is 503. The summed E-state index contributed by atoms with van der Waals surface area (Å²) < 4.78 is 0. The number of rotatable bonds is 9. The third-order valence-electron chi connectivity index (χ3n) is 4.70. The summed E-state index contributed by atoms with van der Waals surface area (Å²) in [6, 6.07) is -0.420. The number of hydrogen-bond acceptors (Lipinski definition) is 3. The van der Waals surface area contributed by atoms with Gasteiger partial charge in [0.2, 0.25) is 5.91 Å². The minimum Gasteiger partial charge on any atom is -0.332 e. The lowest BCUT2D eigenvalue weighted by Crippen LogP contribution is -2.37. The Morgan fingerprint density at radius 1 is 1.12 bits per heavy atom. The summed E-state index contributed by atoms with van der Waals surface area (Å²) in [5, 5.41) is 0. The van der Waals surface area contributed by atoms with Crippen molar-refractivity contribution in [1.29, 1.82) is 0 Å². The van der Waals surface area contributed by atoms with E-state index >= 15 is 0 Å². The van der Waals surface area contributed by atoms with Crippen LogP contribution < -0.4 is 0 Å². The van der Waals surface area contributed by atoms with Crippen LogP contribution in [0.2, 0.25) is 0 Å². The standard InChI is InChI=1S/C20H33NO3/c1-13(2)8-7-9-15(5)10-11-21-17(12-14(3)4)19(23)18(16(6)22)20(21)24/h8,14-15,17-18H,7,9-12H2,1-6H3. The number of likely N-dealkylation sites (tertiary alicyclic amines) is 1. The van der Waals surface area contributed by atoms with Gasteiger partial charge in [-0.2, -0.15) is 0 Å². The first-order valence-electron chi connectivity index (χ1n) is 9.13. The van der Waals surface area contributed by atoms with Crippen molar-refractivity contribution in [3.63, 3.8) is 0 Å². The molecular formula is C20H33NO3. The molecule has 0 aromatic rings. The second-order valence-corrected chi connectivity index (χ2v) is 7.88. The van der Waals surface area contributed by atoms with Gasteiger partial charge >= 0.3 is 0 Å². The van der Waals surface area contributed by atoms with Gasteiger partial charge in [0.15, 0.2) is 11.7 Å². The van der Waals surface area contributed by atoms with Gasteiger partial charge in [0.1, 0.15) is 5.78 Å². The van der Waals surface area contributed by atoms with Gasteiger partial charge in [0.05, 0.1) is 6.04 Å². The molecule has 0 spiro atoms. The maximum absolute atomic E-state index is 12.5. The van der Waals surface area contributed by atoms with E-state index in [0.29, 0.717) is 24.8 Å². The predicted molar refractivity (Wildman–Crippen MR) is 96.6 cm³/mol. The fraction of sp³-hybridized carbons (Fsp3) is 0.750. The summed E-state index contributed by atoms with van der Waals surface area (Å²) in [6.07, 6.45) is 5.86. The predicted octanol–water partition coefficient (Wildman–Crippen LogP) is 3.79. The van der Waals surface area contributed by atoms with E-state index in [1.165, 1.54) is 12.5 Å². The molecule has 1 aliphatic rings. The van der Waals surface area contributed by atoms with Gasteiger partial charge in [-0.3, -0.25) is 14.4 Å². The maximum Gasteiger partial charge on any atom is 0.241 e. The average Bonchev–Trinajstić information content (AvgIpc) is 2.67. The second kappa shape index (κ2) is 9.14. The van der Waals surface area contributed by atoms with Gasteiger partial charge in [0, 0.05) is 6.54 Å². The number of ketones is 2. The van der Waals surface area contributed by atoms with Crippen LogP contribution in [0.25, 0.3) is 0 Å². The molecule has 3 unspecified atom stereocenters. The zero-order chi connectivity index (χ0) is 18.4. The Kier molecular flexibility index (Phi) is 7.85. The summed E-state index contributed by atoms with van der Waals surface area (Å²) >= 11 is 0. The molecule has 1 heterocycles. The SMILES string of the molecule is CC(=O)C1C(=O)C(CC(C)C)N(CCC(C)CCC=C(C)C)C1=O. The van der Waals surface area contributed by atoms with Crippen molar-refractivity contribution in [1.82, 2.24) is 4.90 Å². The van der Waals surface area contributed by atoms with E-state index in [1.807, 2.05) is 13.8 Å². The Balaban J connectivity index is 2.71. The number of allylic oxidation sites excluding steroid dienone is 2. The van der Waals surface area contributed by atoms with E-state index in [9.17, 15) is 14.4 Å². The maximum atomic E-state index is 12.5. The molecule has 3 atom stereocenters. The summed E-state index contributed by atoms with van der Waals surface area (Å²) in [5.74, 6) is -1.06. The van der Waals surface area contributed by atoms with Crippen molar-refractivity contribution in [2.45, 2.75) is 73.3 Å². The molecule has 4 nitrogen and oxygen atoms in total. The molecule has 0 N–H and O–H groups in total. The number of amides is 1. The zero-order valence-electron chi connectivity index (χ0n) is 16.1. The molecule has 0 radical (unpaired) electrons. The Hall–Kier alpha value is -1.45. The third kappa shape index (κ3) is 5.57. The van der Waals surface area contributed by atoms with Crippen LogP contribution in [0.1, 0.15) is 67.2 Å². The van der Waals surface area contributed by atoms with Gasteiger partial charge in [0.25, 0.3) is 0 Å². The van der Waals surface area contributed by atoms with Crippen molar-refractivity contribution < 1.29 is 14.4 Å². The molecule has 1 aliphatic heterocycles. The van der Waals surface area contributed by atoms with Crippen molar-refractivity contribution in [3.8, 4) is 0 Å². The first-order chi connectivity index (χ1) is 11.1. The van der Waals surface area contributed by atoms with E-state index < -0.39 is 12.0 Å². The van der Waals surface area contributed by atoms with Crippen molar-refractivity contribution in [2.24, 2.45) is 17.8 Å². The highest BCUT2D eigenvalue weighted by atomic mass is 16.2. The van der Waals surface area contributed by atoms with Gasteiger partial charge in [-0.1, -0.05) is 32.4 Å². The van der Waals surface area contributed by atoms with Gasteiger partial charge < -0.3 is 4.90 Å². The van der Waals surface area contributed by atoms with Crippen LogP contribution >= 0.6 is 0 Å². The molecule has 1 saturated heterocycles. The van der Waals surface area contributed by atoms with Crippen LogP contribution in [0, 0.1) is 17.8 Å². The fourth-order valence-electron chi connectivity index (χ4n) is 3.28. The Morgan fingerprint density at radius 3 is 2.25 bits per heavy atom. The number of nitrogens with zero attached hydrogens (tertiary/aromatic N) is 1. The lowest BCUT2D eigenvalue weighted by Gasteiger charge is -2.26. The summed E-state index contributed by atoms with van der Waals surface area (Å²) in [4.78, 5) is 38.4. The Morgan fingerprint density at radius 2 is 1.75 bits per heavy atom. The first kappa shape index (κ1) is 20.6. The highest BCUT2D eigenvalue weighted by Gasteiger charge is 2.48. The van der Waals surface area contributed by atoms with E-state index in [-0.39, 0.29) is 17.5 Å². The van der Waals surface area contributed by atoms with Gasteiger partial charge in [-0.25, -0.2) is 0 Å². The monoisotopic (exact) mass is 335 g/mol. The van der Waals surface area contributed by atoms with Crippen molar-refractivity contribution in [2.75, 3.05) is 6.54 Å². The number of hydrogen-bond donors (Lipinski definition) is 0. The molecule has 0 bridgehead atoms. The van der Waals surface area contributed by atoms with Crippen molar-refractivity contribution in [3.05, 3.63) is 11.6 Å². The van der Waals surface area contributed by atoms with E-state index in [0.717, 1.165) is 19.3 Å². The van der Waals surface area contributed by atoms with Crippen molar-refractivity contribution >= 4 is 17.5 Å². The quantitative estimate of drug-likeness (QED) is 0.476. The molecule has 24 heavy (non-hydrogen) atoms. The Labute approximate surface area is 146 Å². The van der Waals surface area contributed by atoms with E-state index in [4.69, 9.17) is 0 Å². The lowest BCUT2D eigenvalue weighted by atomic mass is 9.94. The molecule has 1 amide bonds. The average molecular weight is 335 g/mol. The van der Waals surface area contributed by atoms with E-state index in [1.54, 1.807) is 4.90 Å². The van der Waals surface area contributed by atoms with Crippen LogP contribution in [0.4, 0.5) is 0 Å². The van der Waals surface area contributed by atoms with Gasteiger partial charge in [-0.15, -0.1) is 0 Å². The molecule has 4 heteroatoms. The van der Waals surface area contributed by atoms with Crippen LogP contribution in [-0.4, -0.2) is 35.0 Å². The molecule has 0 aromatic carbocycles. The van der Waals surface area contributed by atoms with E-state index in [2.05, 4.69) is 26.8 Å². The van der Waals surface area contributed by atoms with Crippen LogP contribution in [0.5, 0.6) is 0 Å². The second-order valence-electron chi connectivity index (χ2n) is 7.88. The molecule has 1 rings (SSSR count). The third-order valence-corrected chi connectivity index (χ3v) is 4.70. The van der Waals surface area contributed by atoms with Crippen LogP contribution in [0.15, 0.2) is 11.6 Å². The molecule has 0 aliphatic carbocycles. The highest BCUT2D eigenvalue weighted by Crippen LogP contribution is 2.28. The summed E-state index contributed by atoms with van der Waals surface area (Å²) in [7, 11) is 0. The topological polar surface area (TPSA) is 54.5 Å². The van der Waals surface area contributed by atoms with Gasteiger partial charge in [-0.05, 0) is 58.3 Å². The van der Waals surface area contributed by atoms with Crippen LogP contribution in [0.3, 0.4) is 0 Å². The largest absolute Gasteiger partial charge is 0.332 e. The minimum atomic E-state index is -1.06.